The van der Waals surface area contributed by atoms with E-state index in [9.17, 15) is 9.59 Å². The van der Waals surface area contributed by atoms with Gasteiger partial charge in [-0.25, -0.2) is 0 Å². The maximum absolute atomic E-state index is 13.9. The molecule has 2 aromatic rings. The number of nitrogens with zero attached hydrogens (tertiary/aromatic N) is 3. The van der Waals surface area contributed by atoms with Crippen LogP contribution in [0.3, 0.4) is 0 Å². The molecule has 2 unspecified atom stereocenters. The van der Waals surface area contributed by atoms with Crippen LogP contribution in [0.1, 0.15) is 90.4 Å². The summed E-state index contributed by atoms with van der Waals surface area (Å²) in [7, 11) is 0. The molecule has 218 valence electrons. The number of hydrogen-bond acceptors (Lipinski definition) is 4. The molecule has 6 rings (SSSR count). The van der Waals surface area contributed by atoms with Crippen LogP contribution in [0.5, 0.6) is 0 Å². The molecule has 0 radical (unpaired) electrons. The van der Waals surface area contributed by atoms with Gasteiger partial charge in [-0.3, -0.25) is 9.59 Å². The molecule has 3 saturated heterocycles. The zero-order chi connectivity index (χ0) is 28.3. The number of benzene rings is 2. The number of hydrogen-bond donors (Lipinski definition) is 0. The monoisotopic (exact) mass is 571 g/mol. The Bertz CT molecular complexity index is 1270. The van der Waals surface area contributed by atoms with Crippen LogP contribution in [0, 0.1) is 13.8 Å². The Morgan fingerprint density at radius 2 is 1.61 bits per heavy atom. The van der Waals surface area contributed by atoms with Crippen molar-refractivity contribution in [2.45, 2.75) is 95.5 Å². The van der Waals surface area contributed by atoms with Crippen molar-refractivity contribution in [3.8, 4) is 0 Å². The first kappa shape index (κ1) is 28.5. The van der Waals surface area contributed by atoms with E-state index < -0.39 is 0 Å². The summed E-state index contributed by atoms with van der Waals surface area (Å²) in [5.41, 5.74) is 5.46. The van der Waals surface area contributed by atoms with Crippen molar-refractivity contribution in [3.63, 3.8) is 0 Å². The molecule has 2 atom stereocenters. The van der Waals surface area contributed by atoms with Crippen molar-refractivity contribution in [1.29, 1.82) is 0 Å². The van der Waals surface area contributed by atoms with Crippen LogP contribution < -0.4 is 0 Å². The van der Waals surface area contributed by atoms with E-state index in [1.807, 2.05) is 35.2 Å². The lowest BCUT2D eigenvalue weighted by Crippen LogP contribution is -2.50. The predicted molar refractivity (Wildman–Crippen MR) is 169 cm³/mol. The average molecular weight is 572 g/mol. The standard InChI is InChI=1S/C35H45N3O2S/c1-25-10-11-26(2)29(22-25)24-38-31-8-4-5-9-32(31)41-33(35(38)40)23-27-12-14-28(15-13-27)34(39)37-20-16-30(17-21-37)36-18-6-3-7-19-36/h10-15,22-23,30-32H,3-9,16-21,24H2,1-2H3/b33-23+. The second-order valence-electron chi connectivity index (χ2n) is 12.6. The van der Waals surface area contributed by atoms with Crippen molar-refractivity contribution >= 4 is 29.7 Å². The molecule has 3 heterocycles. The SMILES string of the molecule is Cc1ccc(C)c(CN2C(=O)/C(=C\c3ccc(C(=O)N4CCC(N5CCCCC5)CC4)cc3)SC3CCCCC32)c1. The van der Waals surface area contributed by atoms with E-state index in [1.165, 1.54) is 61.9 Å². The topological polar surface area (TPSA) is 43.9 Å². The van der Waals surface area contributed by atoms with Gasteiger partial charge in [-0.1, -0.05) is 55.2 Å². The highest BCUT2D eigenvalue weighted by molar-refractivity contribution is 8.04. The molecule has 2 amide bonds. The lowest BCUT2D eigenvalue weighted by molar-refractivity contribution is -0.130. The molecule has 6 heteroatoms. The summed E-state index contributed by atoms with van der Waals surface area (Å²) >= 11 is 1.78. The summed E-state index contributed by atoms with van der Waals surface area (Å²) in [4.78, 5) is 34.8. The van der Waals surface area contributed by atoms with Gasteiger partial charge in [0, 0.05) is 42.5 Å². The van der Waals surface area contributed by atoms with Gasteiger partial charge in [0.1, 0.15) is 0 Å². The number of likely N-dealkylation sites (tertiary alicyclic amines) is 2. The normalized spacial score (nSPS) is 25.4. The van der Waals surface area contributed by atoms with Gasteiger partial charge in [-0.15, -0.1) is 11.8 Å². The van der Waals surface area contributed by atoms with Gasteiger partial charge in [0.15, 0.2) is 0 Å². The molecule has 5 nitrogen and oxygen atoms in total. The maximum Gasteiger partial charge on any atom is 0.260 e. The molecule has 0 spiro atoms. The lowest BCUT2D eigenvalue weighted by Gasteiger charge is -2.44. The van der Waals surface area contributed by atoms with Gasteiger partial charge in [0.05, 0.1) is 4.91 Å². The van der Waals surface area contributed by atoms with E-state index in [0.717, 1.165) is 54.8 Å². The van der Waals surface area contributed by atoms with E-state index in [0.29, 0.717) is 23.9 Å². The number of carbonyl (C=O) groups is 2. The van der Waals surface area contributed by atoms with Crippen LogP contribution >= 0.6 is 11.8 Å². The first-order valence-corrected chi connectivity index (χ1v) is 16.7. The molecule has 2 aromatic carbocycles. The van der Waals surface area contributed by atoms with Crippen molar-refractivity contribution in [2.24, 2.45) is 0 Å². The third-order valence-electron chi connectivity index (χ3n) is 9.78. The average Bonchev–Trinajstić information content (AvgIpc) is 3.01. The van der Waals surface area contributed by atoms with Crippen molar-refractivity contribution < 1.29 is 9.59 Å². The van der Waals surface area contributed by atoms with E-state index >= 15 is 0 Å². The van der Waals surface area contributed by atoms with Crippen molar-refractivity contribution in [2.75, 3.05) is 26.2 Å². The van der Waals surface area contributed by atoms with Crippen molar-refractivity contribution in [1.82, 2.24) is 14.7 Å². The third kappa shape index (κ3) is 6.44. The third-order valence-corrected chi connectivity index (χ3v) is 11.2. The quantitative estimate of drug-likeness (QED) is 0.370. The van der Waals surface area contributed by atoms with Gasteiger partial charge < -0.3 is 14.7 Å². The second-order valence-corrected chi connectivity index (χ2v) is 13.9. The highest BCUT2D eigenvalue weighted by Crippen LogP contribution is 2.43. The fraction of sp³-hybridized carbons (Fsp3) is 0.543. The maximum atomic E-state index is 13.9. The Balaban J connectivity index is 1.13. The van der Waals surface area contributed by atoms with Crippen LogP contribution in [-0.2, 0) is 11.3 Å². The highest BCUT2D eigenvalue weighted by atomic mass is 32.2. The molecule has 4 aliphatic rings. The number of rotatable bonds is 5. The first-order chi connectivity index (χ1) is 20.0. The minimum absolute atomic E-state index is 0.133. The molecule has 0 bridgehead atoms. The molecule has 1 aliphatic carbocycles. The number of thioether (sulfide) groups is 1. The van der Waals surface area contributed by atoms with Crippen LogP contribution in [0.25, 0.3) is 6.08 Å². The highest BCUT2D eigenvalue weighted by Gasteiger charge is 2.40. The van der Waals surface area contributed by atoms with Crippen LogP contribution in [-0.4, -0.2) is 70.0 Å². The number of aryl methyl sites for hydroxylation is 2. The summed E-state index contributed by atoms with van der Waals surface area (Å²) in [5, 5.41) is 0.450. The summed E-state index contributed by atoms with van der Waals surface area (Å²) in [6.45, 7) is 9.07. The molecule has 3 aliphatic heterocycles. The smallest absolute Gasteiger partial charge is 0.260 e. The summed E-state index contributed by atoms with van der Waals surface area (Å²) in [5.74, 6) is 0.282. The van der Waals surface area contributed by atoms with E-state index in [-0.39, 0.29) is 11.8 Å². The molecule has 0 N–H and O–H groups in total. The Morgan fingerprint density at radius 1 is 0.878 bits per heavy atom. The minimum Gasteiger partial charge on any atom is -0.339 e. The number of piperidine rings is 2. The molecule has 1 saturated carbocycles. The van der Waals surface area contributed by atoms with Crippen LogP contribution in [0.15, 0.2) is 47.4 Å². The zero-order valence-electron chi connectivity index (χ0n) is 24.8. The van der Waals surface area contributed by atoms with E-state index in [2.05, 4.69) is 41.8 Å². The second kappa shape index (κ2) is 12.7. The molecule has 4 fully saturated rings. The predicted octanol–water partition coefficient (Wildman–Crippen LogP) is 6.82. The summed E-state index contributed by atoms with van der Waals surface area (Å²) < 4.78 is 0. The van der Waals surface area contributed by atoms with Crippen molar-refractivity contribution in [3.05, 3.63) is 75.2 Å². The van der Waals surface area contributed by atoms with Gasteiger partial charge >= 0.3 is 0 Å². The number of fused-ring (bicyclic) bond motifs is 1. The Morgan fingerprint density at radius 3 is 2.37 bits per heavy atom. The Kier molecular flexibility index (Phi) is 8.87. The molecular weight excluding hydrogens is 526 g/mol. The Labute approximate surface area is 250 Å². The zero-order valence-corrected chi connectivity index (χ0v) is 25.6. The van der Waals surface area contributed by atoms with Gasteiger partial charge in [0.2, 0.25) is 0 Å². The number of carbonyl (C=O) groups excluding carboxylic acids is 2. The minimum atomic E-state index is 0.133. The molecule has 41 heavy (non-hydrogen) atoms. The molecular formula is C35H45N3O2S. The van der Waals surface area contributed by atoms with Gasteiger partial charge in [-0.2, -0.15) is 0 Å². The fourth-order valence-corrected chi connectivity index (χ4v) is 8.76. The van der Waals surface area contributed by atoms with E-state index in [1.54, 1.807) is 11.8 Å². The number of amides is 2. The summed E-state index contributed by atoms with van der Waals surface area (Å²) in [6.07, 6.45) is 12.9. The molecule has 0 aromatic heterocycles. The summed E-state index contributed by atoms with van der Waals surface area (Å²) in [6, 6.07) is 15.4. The van der Waals surface area contributed by atoms with E-state index in [4.69, 9.17) is 0 Å². The van der Waals surface area contributed by atoms with Crippen LogP contribution in [0.2, 0.25) is 0 Å². The lowest BCUT2D eigenvalue weighted by atomic mass is 9.92. The first-order valence-electron chi connectivity index (χ1n) is 15.8. The fourth-order valence-electron chi connectivity index (χ4n) is 7.29. The largest absolute Gasteiger partial charge is 0.339 e. The van der Waals surface area contributed by atoms with Gasteiger partial charge in [-0.05, 0) is 100 Å². The van der Waals surface area contributed by atoms with Crippen LogP contribution in [0.4, 0.5) is 0 Å². The Hall–Kier alpha value is -2.57. The van der Waals surface area contributed by atoms with Gasteiger partial charge in [0.25, 0.3) is 11.8 Å².